The van der Waals surface area contributed by atoms with Gasteiger partial charge in [-0.25, -0.2) is 0 Å². The van der Waals surface area contributed by atoms with E-state index in [0.29, 0.717) is 11.7 Å². The van der Waals surface area contributed by atoms with E-state index in [1.807, 2.05) is 0 Å². The molecule has 0 aliphatic heterocycles. The minimum atomic E-state index is 0.253. The van der Waals surface area contributed by atoms with Crippen molar-refractivity contribution in [1.29, 1.82) is 0 Å². The fraction of sp³-hybridized carbons (Fsp3) is 0.643. The predicted molar refractivity (Wildman–Crippen MR) is 81.0 cm³/mol. The second-order valence-electron chi connectivity index (χ2n) is 5.53. The van der Waals surface area contributed by atoms with Crippen molar-refractivity contribution in [1.82, 2.24) is 20.2 Å². The number of hydrogen-bond donors (Lipinski definition) is 2. The van der Waals surface area contributed by atoms with Crippen LogP contribution in [0.4, 0.5) is 5.82 Å². The fourth-order valence-electron chi connectivity index (χ4n) is 3.18. The molecule has 0 aromatic carbocycles. The lowest BCUT2D eigenvalue weighted by molar-refractivity contribution is 0.312. The molecule has 3 rings (SSSR count). The first-order valence-corrected chi connectivity index (χ1v) is 7.79. The van der Waals surface area contributed by atoms with Crippen molar-refractivity contribution in [3.8, 4) is 0 Å². The van der Waals surface area contributed by atoms with Gasteiger partial charge in [0, 0.05) is 6.04 Å². The summed E-state index contributed by atoms with van der Waals surface area (Å²) in [6.07, 6.45) is 9.51. The summed E-state index contributed by atoms with van der Waals surface area (Å²) in [6, 6.07) is 0.444. The number of hydrogen-bond acceptors (Lipinski definition) is 4. The zero-order valence-electron chi connectivity index (χ0n) is 11.7. The molecule has 0 amide bonds. The first-order chi connectivity index (χ1) is 9.78. The molecule has 0 saturated heterocycles. The lowest BCUT2D eigenvalue weighted by Crippen LogP contribution is -2.30. The molecule has 1 fully saturated rings. The van der Waals surface area contributed by atoms with Gasteiger partial charge in [-0.1, -0.05) is 26.2 Å². The standard InChI is InChI=1S/C14H20ClN5/c1-2-11(9-6-4-3-5-7-9)17-12-10-8-16-20-13(10)19-14(15)18-12/h8-9,11H,2-7H2,1H3,(H2,16,17,18,19,20). The summed E-state index contributed by atoms with van der Waals surface area (Å²) in [5.74, 6) is 1.52. The van der Waals surface area contributed by atoms with Gasteiger partial charge in [-0.15, -0.1) is 0 Å². The Labute approximate surface area is 123 Å². The number of H-pyrrole nitrogens is 1. The van der Waals surface area contributed by atoms with Crippen LogP contribution in [0.3, 0.4) is 0 Å². The van der Waals surface area contributed by atoms with E-state index < -0.39 is 0 Å². The third kappa shape index (κ3) is 2.73. The van der Waals surface area contributed by atoms with Crippen LogP contribution in [-0.4, -0.2) is 26.2 Å². The molecule has 1 unspecified atom stereocenters. The van der Waals surface area contributed by atoms with Crippen molar-refractivity contribution in [2.75, 3.05) is 5.32 Å². The first-order valence-electron chi connectivity index (χ1n) is 7.41. The van der Waals surface area contributed by atoms with E-state index in [1.165, 1.54) is 32.1 Å². The largest absolute Gasteiger partial charge is 0.366 e. The quantitative estimate of drug-likeness (QED) is 0.842. The zero-order chi connectivity index (χ0) is 13.9. The number of nitrogens with one attached hydrogen (secondary N) is 2. The molecule has 1 aliphatic rings. The minimum Gasteiger partial charge on any atom is -0.366 e. The summed E-state index contributed by atoms with van der Waals surface area (Å²) in [7, 11) is 0. The van der Waals surface area contributed by atoms with Gasteiger partial charge in [0.25, 0.3) is 0 Å². The molecule has 0 bridgehead atoms. The first kappa shape index (κ1) is 13.6. The third-order valence-corrected chi connectivity index (χ3v) is 4.43. The molecule has 5 nitrogen and oxygen atoms in total. The summed E-state index contributed by atoms with van der Waals surface area (Å²) in [5, 5.41) is 11.6. The Morgan fingerprint density at radius 3 is 2.90 bits per heavy atom. The van der Waals surface area contributed by atoms with Crippen molar-refractivity contribution < 1.29 is 0 Å². The van der Waals surface area contributed by atoms with E-state index >= 15 is 0 Å². The predicted octanol–water partition coefficient (Wildman–Crippen LogP) is 3.78. The van der Waals surface area contributed by atoms with E-state index in [4.69, 9.17) is 11.6 Å². The Hall–Kier alpha value is -1.36. The second-order valence-corrected chi connectivity index (χ2v) is 5.87. The SMILES string of the molecule is CCC(Nc1nc(Cl)nc2[nH]ncc12)C1CCCCC1. The van der Waals surface area contributed by atoms with Crippen molar-refractivity contribution >= 4 is 28.5 Å². The zero-order valence-corrected chi connectivity index (χ0v) is 12.5. The second kappa shape index (κ2) is 5.95. The van der Waals surface area contributed by atoms with Gasteiger partial charge >= 0.3 is 0 Å². The molecule has 0 spiro atoms. The molecule has 2 aromatic rings. The Bertz CT molecular complexity index is 576. The minimum absolute atomic E-state index is 0.253. The van der Waals surface area contributed by atoms with Crippen LogP contribution in [0, 0.1) is 5.92 Å². The van der Waals surface area contributed by atoms with Gasteiger partial charge in [-0.3, -0.25) is 5.10 Å². The maximum Gasteiger partial charge on any atom is 0.226 e. The van der Waals surface area contributed by atoms with Crippen LogP contribution >= 0.6 is 11.6 Å². The summed E-state index contributed by atoms with van der Waals surface area (Å²) in [6.45, 7) is 2.22. The maximum atomic E-state index is 5.98. The average Bonchev–Trinajstić information content (AvgIpc) is 2.93. The van der Waals surface area contributed by atoms with Crippen LogP contribution in [-0.2, 0) is 0 Å². The molecule has 108 valence electrons. The van der Waals surface area contributed by atoms with Gasteiger partial charge in [0.2, 0.25) is 5.28 Å². The topological polar surface area (TPSA) is 66.5 Å². The highest BCUT2D eigenvalue weighted by molar-refractivity contribution is 6.28. The Balaban J connectivity index is 1.84. The number of fused-ring (bicyclic) bond motifs is 1. The van der Waals surface area contributed by atoms with E-state index in [1.54, 1.807) is 6.20 Å². The Morgan fingerprint density at radius 2 is 2.15 bits per heavy atom. The van der Waals surface area contributed by atoms with E-state index in [2.05, 4.69) is 32.4 Å². The van der Waals surface area contributed by atoms with Gasteiger partial charge in [-0.2, -0.15) is 15.1 Å². The monoisotopic (exact) mass is 293 g/mol. The summed E-state index contributed by atoms with van der Waals surface area (Å²) < 4.78 is 0. The average molecular weight is 294 g/mol. The van der Waals surface area contributed by atoms with Gasteiger partial charge in [-0.05, 0) is 36.8 Å². The van der Waals surface area contributed by atoms with Gasteiger partial charge in [0.05, 0.1) is 11.6 Å². The summed E-state index contributed by atoms with van der Waals surface area (Å²) >= 11 is 5.98. The van der Waals surface area contributed by atoms with E-state index in [9.17, 15) is 0 Å². The molecular formula is C14H20ClN5. The molecule has 1 atom stereocenters. The molecule has 1 saturated carbocycles. The molecule has 2 aromatic heterocycles. The highest BCUT2D eigenvalue weighted by Crippen LogP contribution is 2.30. The van der Waals surface area contributed by atoms with Crippen LogP contribution in [0.1, 0.15) is 45.4 Å². The van der Waals surface area contributed by atoms with Crippen molar-refractivity contribution in [2.45, 2.75) is 51.5 Å². The van der Waals surface area contributed by atoms with Crippen LogP contribution in [0.5, 0.6) is 0 Å². The highest BCUT2D eigenvalue weighted by atomic mass is 35.5. The van der Waals surface area contributed by atoms with Crippen LogP contribution in [0.25, 0.3) is 11.0 Å². The molecule has 6 heteroatoms. The Morgan fingerprint density at radius 1 is 1.35 bits per heavy atom. The smallest absolute Gasteiger partial charge is 0.226 e. The van der Waals surface area contributed by atoms with Crippen molar-refractivity contribution in [3.05, 3.63) is 11.5 Å². The molecule has 0 radical (unpaired) electrons. The highest BCUT2D eigenvalue weighted by Gasteiger charge is 2.23. The maximum absolute atomic E-state index is 5.98. The molecule has 20 heavy (non-hydrogen) atoms. The van der Waals surface area contributed by atoms with Crippen molar-refractivity contribution in [2.24, 2.45) is 5.92 Å². The molecule has 2 N–H and O–H groups in total. The lowest BCUT2D eigenvalue weighted by Gasteiger charge is -2.30. The third-order valence-electron chi connectivity index (χ3n) is 4.26. The number of rotatable bonds is 4. The molecular weight excluding hydrogens is 274 g/mol. The number of nitrogens with zero attached hydrogens (tertiary/aromatic N) is 3. The number of halogens is 1. The van der Waals surface area contributed by atoms with Crippen molar-refractivity contribution in [3.63, 3.8) is 0 Å². The van der Waals surface area contributed by atoms with Gasteiger partial charge in [0.1, 0.15) is 5.82 Å². The summed E-state index contributed by atoms with van der Waals surface area (Å²) in [5.41, 5.74) is 0.686. The summed E-state index contributed by atoms with van der Waals surface area (Å²) in [4.78, 5) is 8.48. The number of aromatic amines is 1. The van der Waals surface area contributed by atoms with E-state index in [0.717, 1.165) is 23.5 Å². The van der Waals surface area contributed by atoms with Crippen LogP contribution < -0.4 is 5.32 Å². The van der Waals surface area contributed by atoms with Crippen LogP contribution in [0.15, 0.2) is 6.20 Å². The number of anilines is 1. The number of aromatic nitrogens is 4. The lowest BCUT2D eigenvalue weighted by atomic mass is 9.83. The molecule has 1 aliphatic carbocycles. The van der Waals surface area contributed by atoms with Crippen LogP contribution in [0.2, 0.25) is 5.28 Å². The van der Waals surface area contributed by atoms with Gasteiger partial charge in [0.15, 0.2) is 5.65 Å². The normalized spacial score (nSPS) is 18.3. The van der Waals surface area contributed by atoms with Gasteiger partial charge < -0.3 is 5.32 Å². The molecule has 2 heterocycles. The van der Waals surface area contributed by atoms with E-state index in [-0.39, 0.29) is 5.28 Å². The Kier molecular flexibility index (Phi) is 4.05. The fourth-order valence-corrected chi connectivity index (χ4v) is 3.35.